The number of esters is 1. The Kier molecular flexibility index (Phi) is 6.21. The van der Waals surface area contributed by atoms with E-state index in [0.29, 0.717) is 38.2 Å². The number of carbonyl (C=O) groups excluding carboxylic acids is 2. The molecule has 0 spiro atoms. The molecular weight excluding hydrogens is 520 g/mol. The molecule has 3 aromatic carbocycles. The summed E-state index contributed by atoms with van der Waals surface area (Å²) in [6.45, 7) is 2.04. The second-order valence-electron chi connectivity index (χ2n) is 8.50. The highest BCUT2D eigenvalue weighted by Gasteiger charge is 2.42. The maximum absolute atomic E-state index is 13.5. The lowest BCUT2D eigenvalue weighted by atomic mass is 9.80. The molecule has 1 heterocycles. The number of nitrogens with one attached hydrogen (secondary N) is 1. The number of halogens is 1. The number of benzene rings is 3. The molecule has 0 saturated carbocycles. The van der Waals surface area contributed by atoms with Crippen molar-refractivity contribution in [2.24, 2.45) is 0 Å². The molecule has 1 atom stereocenters. The van der Waals surface area contributed by atoms with Gasteiger partial charge in [0.1, 0.15) is 12.4 Å². The molecule has 0 bridgehead atoms. The van der Waals surface area contributed by atoms with Crippen molar-refractivity contribution in [3.63, 3.8) is 0 Å². The van der Waals surface area contributed by atoms with Crippen LogP contribution in [-0.4, -0.2) is 18.9 Å². The Bertz CT molecular complexity index is 1530. The third-order valence-corrected chi connectivity index (χ3v) is 7.08. The van der Waals surface area contributed by atoms with E-state index >= 15 is 0 Å². The largest absolute Gasteiger partial charge is 0.488 e. The predicted octanol–water partition coefficient (Wildman–Crippen LogP) is 5.64. The number of ether oxygens (including phenoxy) is 2. The smallest absolute Gasteiger partial charge is 0.336 e. The minimum Gasteiger partial charge on any atom is -0.488 e. The van der Waals surface area contributed by atoms with Crippen LogP contribution in [0.3, 0.4) is 0 Å². The number of ketones is 1. The minimum atomic E-state index is -0.613. The van der Waals surface area contributed by atoms with E-state index in [1.165, 1.54) is 7.11 Å². The number of hydrogen-bond acceptors (Lipinski definition) is 6. The standard InChI is InChI=1S/C29H21BrN2O4/c1-16-24(29(34)35-2)25(26-27(32-16)20-9-5-6-10-21(20)28(26)33)17-11-12-23(22(30)13-17)36-15-19-8-4-3-7-18(19)14-31/h3-13,25,32H,15H2,1-2H3/t25-/m1/s1. The molecule has 0 aromatic heterocycles. The van der Waals surface area contributed by atoms with Crippen molar-refractivity contribution < 1.29 is 19.1 Å². The zero-order valence-electron chi connectivity index (χ0n) is 19.6. The van der Waals surface area contributed by atoms with Crippen molar-refractivity contribution >= 4 is 33.4 Å². The number of rotatable bonds is 5. The summed E-state index contributed by atoms with van der Waals surface area (Å²) in [5, 5.41) is 12.6. The highest BCUT2D eigenvalue weighted by Crippen LogP contribution is 2.47. The lowest BCUT2D eigenvalue weighted by Gasteiger charge is -2.29. The Morgan fingerprint density at radius 1 is 1.08 bits per heavy atom. The van der Waals surface area contributed by atoms with E-state index in [1.54, 1.807) is 18.2 Å². The van der Waals surface area contributed by atoms with Gasteiger partial charge in [-0.1, -0.05) is 48.5 Å². The number of allylic oxidation sites excluding steroid dienone is 2. The van der Waals surface area contributed by atoms with E-state index in [9.17, 15) is 14.9 Å². The monoisotopic (exact) mass is 540 g/mol. The van der Waals surface area contributed by atoms with Crippen LogP contribution in [0, 0.1) is 11.3 Å². The first-order valence-electron chi connectivity index (χ1n) is 11.3. The first-order valence-corrected chi connectivity index (χ1v) is 12.1. The normalized spacial score (nSPS) is 16.2. The van der Waals surface area contributed by atoms with Gasteiger partial charge in [-0.15, -0.1) is 0 Å². The lowest BCUT2D eigenvalue weighted by Crippen LogP contribution is -2.29. The highest BCUT2D eigenvalue weighted by atomic mass is 79.9. The molecule has 0 unspecified atom stereocenters. The van der Waals surface area contributed by atoms with Gasteiger partial charge in [0.25, 0.3) is 0 Å². The molecule has 0 saturated heterocycles. The summed E-state index contributed by atoms with van der Waals surface area (Å²) in [6, 6.07) is 22.4. The fourth-order valence-electron chi connectivity index (χ4n) is 4.77. The SMILES string of the molecule is COC(=O)C1=C(C)NC2=C(C(=O)c3ccccc32)[C@@H]1c1ccc(OCc2ccccc2C#N)c(Br)c1. The van der Waals surface area contributed by atoms with Crippen molar-refractivity contribution in [1.82, 2.24) is 5.32 Å². The number of carbonyl (C=O) groups is 2. The third kappa shape index (κ3) is 3.90. The van der Waals surface area contributed by atoms with Crippen molar-refractivity contribution in [3.8, 4) is 11.8 Å². The van der Waals surface area contributed by atoms with Crippen LogP contribution in [0.5, 0.6) is 5.75 Å². The maximum atomic E-state index is 13.5. The molecule has 6 nitrogen and oxygen atoms in total. The van der Waals surface area contributed by atoms with E-state index in [2.05, 4.69) is 27.3 Å². The molecular formula is C29H21BrN2O4. The molecule has 1 aliphatic carbocycles. The lowest BCUT2D eigenvalue weighted by molar-refractivity contribution is -0.136. The van der Waals surface area contributed by atoms with Crippen LogP contribution in [0.25, 0.3) is 5.70 Å². The molecule has 2 aliphatic rings. The van der Waals surface area contributed by atoms with E-state index in [4.69, 9.17) is 9.47 Å². The van der Waals surface area contributed by atoms with Crippen molar-refractivity contribution in [2.75, 3.05) is 7.11 Å². The molecule has 1 aliphatic heterocycles. The summed E-state index contributed by atoms with van der Waals surface area (Å²) < 4.78 is 11.8. The summed E-state index contributed by atoms with van der Waals surface area (Å²) in [5.74, 6) is -0.643. The van der Waals surface area contributed by atoms with Crippen molar-refractivity contribution in [2.45, 2.75) is 19.4 Å². The van der Waals surface area contributed by atoms with Gasteiger partial charge in [-0.2, -0.15) is 5.26 Å². The second kappa shape index (κ2) is 9.48. The summed E-state index contributed by atoms with van der Waals surface area (Å²) in [6.07, 6.45) is 0. The Morgan fingerprint density at radius 2 is 1.81 bits per heavy atom. The summed E-state index contributed by atoms with van der Waals surface area (Å²) in [4.78, 5) is 26.4. The number of dihydropyridines is 1. The highest BCUT2D eigenvalue weighted by molar-refractivity contribution is 9.10. The van der Waals surface area contributed by atoms with E-state index < -0.39 is 11.9 Å². The van der Waals surface area contributed by atoms with Crippen LogP contribution in [0.15, 0.2) is 88.0 Å². The summed E-state index contributed by atoms with van der Waals surface area (Å²) in [5.41, 5.74) is 5.78. The van der Waals surface area contributed by atoms with Gasteiger partial charge in [-0.05, 0) is 46.6 Å². The fourth-order valence-corrected chi connectivity index (χ4v) is 5.28. The number of methoxy groups -OCH3 is 1. The van der Waals surface area contributed by atoms with E-state index in [0.717, 1.165) is 22.4 Å². The van der Waals surface area contributed by atoms with Gasteiger partial charge in [0, 0.05) is 33.9 Å². The Labute approximate surface area is 217 Å². The van der Waals surface area contributed by atoms with Crippen molar-refractivity contribution in [1.29, 1.82) is 5.26 Å². The van der Waals surface area contributed by atoms with Gasteiger partial charge >= 0.3 is 5.97 Å². The van der Waals surface area contributed by atoms with Crippen LogP contribution < -0.4 is 10.1 Å². The maximum Gasteiger partial charge on any atom is 0.336 e. The average molecular weight is 541 g/mol. The van der Waals surface area contributed by atoms with E-state index in [-0.39, 0.29) is 12.4 Å². The summed E-state index contributed by atoms with van der Waals surface area (Å²) >= 11 is 3.59. The van der Waals surface area contributed by atoms with Crippen LogP contribution in [0.1, 0.15) is 45.5 Å². The number of Topliss-reactive ketones (excluding diaryl/α,β-unsaturated/α-hetero) is 1. The quantitative estimate of drug-likeness (QED) is 0.421. The Hall–Kier alpha value is -4.15. The second-order valence-corrected chi connectivity index (χ2v) is 9.35. The number of nitrogens with zero attached hydrogens (tertiary/aromatic N) is 1. The molecule has 0 radical (unpaired) electrons. The van der Waals surface area contributed by atoms with Crippen LogP contribution in [0.4, 0.5) is 0 Å². The number of hydrogen-bond donors (Lipinski definition) is 1. The molecule has 7 heteroatoms. The van der Waals surface area contributed by atoms with E-state index in [1.807, 2.05) is 55.5 Å². The van der Waals surface area contributed by atoms with Crippen LogP contribution in [0.2, 0.25) is 0 Å². The molecule has 0 fully saturated rings. The van der Waals surface area contributed by atoms with Crippen LogP contribution >= 0.6 is 15.9 Å². The van der Waals surface area contributed by atoms with Gasteiger partial charge in [0.15, 0.2) is 5.78 Å². The Balaban J connectivity index is 1.54. The number of nitriles is 1. The van der Waals surface area contributed by atoms with Gasteiger partial charge in [0.05, 0.1) is 34.5 Å². The molecule has 36 heavy (non-hydrogen) atoms. The van der Waals surface area contributed by atoms with Crippen LogP contribution in [-0.2, 0) is 16.1 Å². The minimum absolute atomic E-state index is 0.114. The molecule has 178 valence electrons. The van der Waals surface area contributed by atoms with Gasteiger partial charge in [0.2, 0.25) is 0 Å². The zero-order chi connectivity index (χ0) is 25.4. The summed E-state index contributed by atoms with van der Waals surface area (Å²) in [7, 11) is 1.33. The molecule has 0 amide bonds. The topological polar surface area (TPSA) is 88.4 Å². The first-order chi connectivity index (χ1) is 17.4. The van der Waals surface area contributed by atoms with Gasteiger partial charge in [-0.25, -0.2) is 4.79 Å². The van der Waals surface area contributed by atoms with Crippen molar-refractivity contribution in [3.05, 3.63) is 116 Å². The first kappa shape index (κ1) is 23.6. The average Bonchev–Trinajstić information content (AvgIpc) is 3.18. The van der Waals surface area contributed by atoms with Gasteiger partial charge < -0.3 is 14.8 Å². The zero-order valence-corrected chi connectivity index (χ0v) is 21.2. The molecule has 1 N–H and O–H groups in total. The predicted molar refractivity (Wildman–Crippen MR) is 138 cm³/mol. The third-order valence-electron chi connectivity index (χ3n) is 6.46. The Morgan fingerprint density at radius 3 is 2.53 bits per heavy atom. The molecule has 3 aromatic rings. The fraction of sp³-hybridized carbons (Fsp3) is 0.138. The van der Waals surface area contributed by atoms with Gasteiger partial charge in [-0.3, -0.25) is 4.79 Å². The molecule has 5 rings (SSSR count). The number of fused-ring (bicyclic) bond motifs is 2.